The maximum atomic E-state index is 12.1. The van der Waals surface area contributed by atoms with Crippen molar-refractivity contribution >= 4 is 11.8 Å². The largest absolute Gasteiger partial charge is 0.274 e. The maximum absolute atomic E-state index is 12.1. The summed E-state index contributed by atoms with van der Waals surface area (Å²) in [5.41, 5.74) is 1.07. The quantitative estimate of drug-likeness (QED) is 0.579. The molecule has 1 aliphatic heterocycles. The Morgan fingerprint density at radius 3 is 2.26 bits per heavy atom. The van der Waals surface area contributed by atoms with E-state index in [1.807, 2.05) is 6.08 Å². The van der Waals surface area contributed by atoms with Gasteiger partial charge in [-0.2, -0.15) is 0 Å². The van der Waals surface area contributed by atoms with E-state index in [1.165, 1.54) is 4.90 Å². The van der Waals surface area contributed by atoms with Crippen molar-refractivity contribution in [3.8, 4) is 0 Å². The molecule has 0 fully saturated rings. The van der Waals surface area contributed by atoms with Gasteiger partial charge < -0.3 is 0 Å². The fourth-order valence-electron chi connectivity index (χ4n) is 2.34. The lowest BCUT2D eigenvalue weighted by molar-refractivity contribution is 0.0646. The highest BCUT2D eigenvalue weighted by Crippen LogP contribution is 2.23. The number of imide groups is 1. The van der Waals surface area contributed by atoms with Crippen molar-refractivity contribution in [1.29, 1.82) is 0 Å². The number of hydrogen-bond donors (Lipinski definition) is 0. The summed E-state index contributed by atoms with van der Waals surface area (Å²) < 4.78 is 0. The van der Waals surface area contributed by atoms with Crippen LogP contribution < -0.4 is 0 Å². The molecule has 0 bridgehead atoms. The minimum atomic E-state index is -0.156. The van der Waals surface area contributed by atoms with Crippen LogP contribution in [0, 0.1) is 5.92 Å². The third-order valence-corrected chi connectivity index (χ3v) is 3.59. The molecule has 0 saturated heterocycles. The molecule has 1 unspecified atom stereocenters. The van der Waals surface area contributed by atoms with Gasteiger partial charge in [-0.05, 0) is 37.3 Å². The van der Waals surface area contributed by atoms with Gasteiger partial charge in [-0.1, -0.05) is 25.1 Å². The van der Waals surface area contributed by atoms with E-state index >= 15 is 0 Å². The van der Waals surface area contributed by atoms with Crippen LogP contribution in [-0.2, 0) is 0 Å². The number of nitrogens with zero attached hydrogens (tertiary/aromatic N) is 1. The van der Waals surface area contributed by atoms with E-state index in [0.29, 0.717) is 23.6 Å². The first-order chi connectivity index (χ1) is 9.15. The van der Waals surface area contributed by atoms with Gasteiger partial charge in [0.2, 0.25) is 0 Å². The number of carbonyl (C=O) groups excluding carboxylic acids is 2. The monoisotopic (exact) mass is 257 g/mol. The zero-order valence-electron chi connectivity index (χ0n) is 11.3. The molecule has 19 heavy (non-hydrogen) atoms. The molecule has 1 aromatic carbocycles. The molecule has 1 aromatic rings. The molecule has 0 saturated carbocycles. The van der Waals surface area contributed by atoms with Crippen LogP contribution in [0.4, 0.5) is 0 Å². The molecule has 2 rings (SSSR count). The predicted octanol–water partition coefficient (Wildman–Crippen LogP) is 3.28. The Hall–Kier alpha value is -1.90. The predicted molar refractivity (Wildman–Crippen MR) is 75.0 cm³/mol. The van der Waals surface area contributed by atoms with Crippen LogP contribution in [0.25, 0.3) is 0 Å². The lowest BCUT2D eigenvalue weighted by Crippen LogP contribution is -2.31. The molecular weight excluding hydrogens is 238 g/mol. The SMILES string of the molecule is C=CCCC(C)CCN1C(=O)c2ccccc2C1=O. The first-order valence-electron chi connectivity index (χ1n) is 6.71. The Labute approximate surface area is 113 Å². The molecule has 0 aromatic heterocycles. The van der Waals surface area contributed by atoms with Crippen LogP contribution in [0.2, 0.25) is 0 Å². The second kappa shape index (κ2) is 5.83. The third-order valence-electron chi connectivity index (χ3n) is 3.59. The smallest absolute Gasteiger partial charge is 0.261 e. The van der Waals surface area contributed by atoms with Crippen LogP contribution in [0.3, 0.4) is 0 Å². The summed E-state index contributed by atoms with van der Waals surface area (Å²) in [6.45, 7) is 6.35. The first-order valence-corrected chi connectivity index (χ1v) is 6.71. The van der Waals surface area contributed by atoms with E-state index < -0.39 is 0 Å². The fourth-order valence-corrected chi connectivity index (χ4v) is 2.34. The fraction of sp³-hybridized carbons (Fsp3) is 0.375. The molecule has 0 aliphatic carbocycles. The third kappa shape index (κ3) is 2.75. The van der Waals surface area contributed by atoms with Crippen LogP contribution in [0.1, 0.15) is 46.9 Å². The lowest BCUT2D eigenvalue weighted by Gasteiger charge is -2.16. The van der Waals surface area contributed by atoms with Gasteiger partial charge in [0, 0.05) is 6.54 Å². The summed E-state index contributed by atoms with van der Waals surface area (Å²) in [5.74, 6) is 0.176. The van der Waals surface area contributed by atoms with Crippen molar-refractivity contribution < 1.29 is 9.59 Å². The Bertz CT molecular complexity index is 472. The average molecular weight is 257 g/mol. The van der Waals surface area contributed by atoms with Crippen molar-refractivity contribution in [2.45, 2.75) is 26.2 Å². The maximum Gasteiger partial charge on any atom is 0.261 e. The zero-order chi connectivity index (χ0) is 13.8. The minimum Gasteiger partial charge on any atom is -0.274 e. The lowest BCUT2D eigenvalue weighted by atomic mass is 10.0. The van der Waals surface area contributed by atoms with Crippen molar-refractivity contribution in [1.82, 2.24) is 4.90 Å². The van der Waals surface area contributed by atoms with E-state index in [4.69, 9.17) is 0 Å². The normalized spacial score (nSPS) is 15.5. The highest BCUT2D eigenvalue weighted by Gasteiger charge is 2.34. The number of rotatable bonds is 6. The molecule has 0 radical (unpaired) electrons. The number of allylic oxidation sites excluding steroid dienone is 1. The van der Waals surface area contributed by atoms with Gasteiger partial charge >= 0.3 is 0 Å². The van der Waals surface area contributed by atoms with Crippen LogP contribution in [-0.4, -0.2) is 23.3 Å². The molecule has 0 spiro atoms. The molecule has 1 atom stereocenters. The molecule has 3 nitrogen and oxygen atoms in total. The van der Waals surface area contributed by atoms with E-state index in [2.05, 4.69) is 13.5 Å². The minimum absolute atomic E-state index is 0.156. The summed E-state index contributed by atoms with van der Waals surface area (Å²) in [4.78, 5) is 25.6. The van der Waals surface area contributed by atoms with Gasteiger partial charge in [-0.15, -0.1) is 6.58 Å². The molecule has 0 N–H and O–H groups in total. The Morgan fingerprint density at radius 2 is 1.74 bits per heavy atom. The van der Waals surface area contributed by atoms with Gasteiger partial charge in [0.25, 0.3) is 11.8 Å². The molecule has 100 valence electrons. The van der Waals surface area contributed by atoms with Crippen molar-refractivity contribution in [2.24, 2.45) is 5.92 Å². The summed E-state index contributed by atoms with van der Waals surface area (Å²) >= 11 is 0. The van der Waals surface area contributed by atoms with Crippen molar-refractivity contribution in [3.63, 3.8) is 0 Å². The van der Waals surface area contributed by atoms with E-state index in [0.717, 1.165) is 19.3 Å². The van der Waals surface area contributed by atoms with Crippen LogP contribution >= 0.6 is 0 Å². The standard InChI is InChI=1S/C16H19NO2/c1-3-4-7-12(2)10-11-17-15(18)13-8-5-6-9-14(13)16(17)19/h3,5-6,8-9,12H,1,4,7,10-11H2,2H3. The summed E-state index contributed by atoms with van der Waals surface area (Å²) in [5, 5.41) is 0. The van der Waals surface area contributed by atoms with E-state index in [-0.39, 0.29) is 11.8 Å². The highest BCUT2D eigenvalue weighted by atomic mass is 16.2. The average Bonchev–Trinajstić information content (AvgIpc) is 2.67. The van der Waals surface area contributed by atoms with Crippen molar-refractivity contribution in [2.75, 3.05) is 6.54 Å². The van der Waals surface area contributed by atoms with Crippen LogP contribution in [0.5, 0.6) is 0 Å². The van der Waals surface area contributed by atoms with Gasteiger partial charge in [0.1, 0.15) is 0 Å². The number of hydrogen-bond acceptors (Lipinski definition) is 2. The molecular formula is C16H19NO2. The summed E-state index contributed by atoms with van der Waals surface area (Å²) in [6.07, 6.45) is 4.77. The topological polar surface area (TPSA) is 37.4 Å². The highest BCUT2D eigenvalue weighted by molar-refractivity contribution is 6.21. The Morgan fingerprint density at radius 1 is 1.16 bits per heavy atom. The number of amides is 2. The molecule has 1 heterocycles. The molecule has 1 aliphatic rings. The number of fused-ring (bicyclic) bond motifs is 1. The zero-order valence-corrected chi connectivity index (χ0v) is 11.3. The number of benzene rings is 1. The van der Waals surface area contributed by atoms with Crippen LogP contribution in [0.15, 0.2) is 36.9 Å². The van der Waals surface area contributed by atoms with E-state index in [9.17, 15) is 9.59 Å². The Kier molecular flexibility index (Phi) is 4.15. The second-order valence-corrected chi connectivity index (χ2v) is 5.07. The summed E-state index contributed by atoms with van der Waals surface area (Å²) in [6, 6.07) is 7.02. The van der Waals surface area contributed by atoms with Crippen molar-refractivity contribution in [3.05, 3.63) is 48.0 Å². The summed E-state index contributed by atoms with van der Waals surface area (Å²) in [7, 11) is 0. The first kappa shape index (κ1) is 13.5. The van der Waals surface area contributed by atoms with Gasteiger partial charge in [0.05, 0.1) is 11.1 Å². The van der Waals surface area contributed by atoms with Gasteiger partial charge in [0.15, 0.2) is 0 Å². The van der Waals surface area contributed by atoms with Gasteiger partial charge in [-0.25, -0.2) is 0 Å². The second-order valence-electron chi connectivity index (χ2n) is 5.07. The Balaban J connectivity index is 1.98. The molecule has 2 amide bonds. The van der Waals surface area contributed by atoms with E-state index in [1.54, 1.807) is 24.3 Å². The number of carbonyl (C=O) groups is 2. The molecule has 3 heteroatoms. The van der Waals surface area contributed by atoms with Gasteiger partial charge in [-0.3, -0.25) is 14.5 Å².